The van der Waals surface area contributed by atoms with Gasteiger partial charge in [-0.25, -0.2) is 4.98 Å². The van der Waals surface area contributed by atoms with Crippen molar-refractivity contribution in [1.29, 1.82) is 0 Å². The van der Waals surface area contributed by atoms with Crippen LogP contribution in [0.15, 0.2) is 48.1 Å². The highest BCUT2D eigenvalue weighted by atomic mass is 32.1. The highest BCUT2D eigenvalue weighted by Crippen LogP contribution is 2.28. The van der Waals surface area contributed by atoms with Crippen LogP contribution in [0, 0.1) is 5.92 Å². The standard InChI is InChI=1S/C17H19N3OS2/c21-12-13(8-14-4-1-2-6-19-14)9-18-10-15-11-20-17(23-15)16-5-3-7-22-16/h1-7,11,13,18,21H,8-10,12H2. The summed E-state index contributed by atoms with van der Waals surface area (Å²) in [7, 11) is 0. The average Bonchev–Trinajstić information content (AvgIpc) is 3.26. The van der Waals surface area contributed by atoms with E-state index < -0.39 is 0 Å². The van der Waals surface area contributed by atoms with E-state index in [2.05, 4.69) is 26.7 Å². The topological polar surface area (TPSA) is 58.0 Å². The molecule has 0 bridgehead atoms. The lowest BCUT2D eigenvalue weighted by Gasteiger charge is -2.14. The van der Waals surface area contributed by atoms with Crippen molar-refractivity contribution in [2.45, 2.75) is 13.0 Å². The first-order chi connectivity index (χ1) is 11.3. The van der Waals surface area contributed by atoms with E-state index in [1.54, 1.807) is 28.9 Å². The fourth-order valence-corrected chi connectivity index (χ4v) is 4.00. The van der Waals surface area contributed by atoms with Crippen molar-refractivity contribution in [3.63, 3.8) is 0 Å². The Morgan fingerprint density at radius 3 is 2.87 bits per heavy atom. The van der Waals surface area contributed by atoms with Gasteiger partial charge >= 0.3 is 0 Å². The third-order valence-electron chi connectivity index (χ3n) is 3.50. The Balaban J connectivity index is 1.48. The van der Waals surface area contributed by atoms with E-state index in [9.17, 15) is 5.11 Å². The fourth-order valence-electron chi connectivity index (χ4n) is 2.32. The molecule has 0 aliphatic rings. The molecule has 4 nitrogen and oxygen atoms in total. The number of aliphatic hydroxyl groups excluding tert-OH is 1. The number of nitrogens with zero attached hydrogens (tertiary/aromatic N) is 2. The van der Waals surface area contributed by atoms with Crippen molar-refractivity contribution in [1.82, 2.24) is 15.3 Å². The third-order valence-corrected chi connectivity index (χ3v) is 5.54. The normalized spacial score (nSPS) is 12.4. The molecule has 3 heterocycles. The van der Waals surface area contributed by atoms with Gasteiger partial charge < -0.3 is 10.4 Å². The monoisotopic (exact) mass is 345 g/mol. The van der Waals surface area contributed by atoms with Crippen LogP contribution in [0.1, 0.15) is 10.6 Å². The minimum atomic E-state index is 0.159. The molecule has 23 heavy (non-hydrogen) atoms. The summed E-state index contributed by atoms with van der Waals surface area (Å²) in [5.41, 5.74) is 1.02. The maximum absolute atomic E-state index is 9.54. The molecule has 0 saturated heterocycles. The highest BCUT2D eigenvalue weighted by Gasteiger charge is 2.10. The highest BCUT2D eigenvalue weighted by molar-refractivity contribution is 7.20. The molecule has 0 aliphatic heterocycles. The number of aromatic nitrogens is 2. The molecule has 3 aromatic heterocycles. The molecule has 1 unspecified atom stereocenters. The Morgan fingerprint density at radius 1 is 1.17 bits per heavy atom. The van der Waals surface area contributed by atoms with Gasteiger partial charge in [0.25, 0.3) is 0 Å². The molecule has 6 heteroatoms. The molecule has 120 valence electrons. The second-order valence-corrected chi connectivity index (χ2v) is 7.38. The predicted molar refractivity (Wildman–Crippen MR) is 95.7 cm³/mol. The van der Waals surface area contributed by atoms with E-state index in [-0.39, 0.29) is 12.5 Å². The zero-order valence-electron chi connectivity index (χ0n) is 12.7. The van der Waals surface area contributed by atoms with Crippen molar-refractivity contribution in [2.75, 3.05) is 13.2 Å². The average molecular weight is 345 g/mol. The number of nitrogens with one attached hydrogen (secondary N) is 1. The summed E-state index contributed by atoms with van der Waals surface area (Å²) in [5, 5.41) is 16.1. The van der Waals surface area contributed by atoms with Crippen molar-refractivity contribution < 1.29 is 5.11 Å². The Labute approximate surface area is 143 Å². The van der Waals surface area contributed by atoms with Crippen LogP contribution in [-0.2, 0) is 13.0 Å². The molecule has 0 aromatic carbocycles. The van der Waals surface area contributed by atoms with Crippen LogP contribution < -0.4 is 5.32 Å². The number of aliphatic hydroxyl groups is 1. The van der Waals surface area contributed by atoms with Gasteiger partial charge in [-0.1, -0.05) is 12.1 Å². The first-order valence-electron chi connectivity index (χ1n) is 7.55. The zero-order chi connectivity index (χ0) is 15.9. The Morgan fingerprint density at radius 2 is 2.13 bits per heavy atom. The van der Waals surface area contributed by atoms with Gasteiger partial charge in [0.05, 0.1) is 4.88 Å². The van der Waals surface area contributed by atoms with Gasteiger partial charge in [0, 0.05) is 42.7 Å². The Kier molecular flexibility index (Phi) is 5.87. The number of thiazole rings is 1. The van der Waals surface area contributed by atoms with Crippen LogP contribution in [0.4, 0.5) is 0 Å². The van der Waals surface area contributed by atoms with E-state index in [1.165, 1.54) is 9.75 Å². The van der Waals surface area contributed by atoms with Crippen LogP contribution >= 0.6 is 22.7 Å². The molecular weight excluding hydrogens is 326 g/mol. The predicted octanol–water partition coefficient (Wildman–Crippen LogP) is 3.21. The number of thiophene rings is 1. The minimum absolute atomic E-state index is 0.159. The van der Waals surface area contributed by atoms with Crippen LogP contribution in [0.5, 0.6) is 0 Å². The first kappa shape index (κ1) is 16.3. The van der Waals surface area contributed by atoms with Gasteiger partial charge in [0.2, 0.25) is 0 Å². The lowest BCUT2D eigenvalue weighted by atomic mass is 10.0. The summed E-state index contributed by atoms with van der Waals surface area (Å²) in [4.78, 5) is 11.2. The van der Waals surface area contributed by atoms with E-state index in [0.29, 0.717) is 0 Å². The van der Waals surface area contributed by atoms with Gasteiger partial charge in [0.15, 0.2) is 0 Å². The second-order valence-electron chi connectivity index (χ2n) is 5.31. The van der Waals surface area contributed by atoms with Gasteiger partial charge in [-0.15, -0.1) is 22.7 Å². The first-order valence-corrected chi connectivity index (χ1v) is 9.25. The molecule has 3 rings (SSSR count). The Bertz CT molecular complexity index is 698. The molecular formula is C17H19N3OS2. The van der Waals surface area contributed by atoms with Crippen molar-refractivity contribution in [2.24, 2.45) is 5.92 Å². The molecule has 3 aromatic rings. The maximum Gasteiger partial charge on any atom is 0.133 e. The number of hydrogen-bond donors (Lipinski definition) is 2. The van der Waals surface area contributed by atoms with Gasteiger partial charge in [0.1, 0.15) is 5.01 Å². The summed E-state index contributed by atoms with van der Waals surface area (Å²) in [5.74, 6) is 0.176. The number of pyridine rings is 1. The lowest BCUT2D eigenvalue weighted by Crippen LogP contribution is -2.26. The molecule has 2 N–H and O–H groups in total. The molecule has 0 radical (unpaired) electrons. The number of hydrogen-bond acceptors (Lipinski definition) is 6. The van der Waals surface area contributed by atoms with E-state index >= 15 is 0 Å². The molecule has 0 amide bonds. The molecule has 0 spiro atoms. The second kappa shape index (κ2) is 8.31. The van der Waals surface area contributed by atoms with Crippen molar-refractivity contribution in [3.8, 4) is 9.88 Å². The maximum atomic E-state index is 9.54. The quantitative estimate of drug-likeness (QED) is 0.658. The zero-order valence-corrected chi connectivity index (χ0v) is 14.3. The SMILES string of the molecule is OCC(CNCc1cnc(-c2cccs2)s1)Cc1ccccn1. The molecule has 0 saturated carbocycles. The van der Waals surface area contributed by atoms with Crippen LogP contribution in [0.25, 0.3) is 9.88 Å². The lowest BCUT2D eigenvalue weighted by molar-refractivity contribution is 0.221. The smallest absolute Gasteiger partial charge is 0.133 e. The Hall–Kier alpha value is -1.60. The largest absolute Gasteiger partial charge is 0.396 e. The van der Waals surface area contributed by atoms with Crippen LogP contribution in [-0.4, -0.2) is 28.2 Å². The summed E-state index contributed by atoms with van der Waals surface area (Å²) >= 11 is 3.43. The summed E-state index contributed by atoms with van der Waals surface area (Å²) in [6.45, 7) is 1.70. The minimum Gasteiger partial charge on any atom is -0.396 e. The van der Waals surface area contributed by atoms with Crippen LogP contribution in [0.3, 0.4) is 0 Å². The summed E-state index contributed by atoms with van der Waals surface area (Å²) in [6, 6.07) is 10.0. The number of rotatable bonds is 8. The third kappa shape index (κ3) is 4.68. The van der Waals surface area contributed by atoms with Crippen molar-refractivity contribution in [3.05, 3.63) is 58.7 Å². The summed E-state index contributed by atoms with van der Waals surface area (Å²) in [6.07, 6.45) is 4.51. The van der Waals surface area contributed by atoms with E-state index in [4.69, 9.17) is 0 Å². The van der Waals surface area contributed by atoms with Crippen molar-refractivity contribution >= 4 is 22.7 Å². The fraction of sp³-hybridized carbons (Fsp3) is 0.294. The van der Waals surface area contributed by atoms with Crippen LogP contribution in [0.2, 0.25) is 0 Å². The van der Waals surface area contributed by atoms with Gasteiger partial charge in [-0.2, -0.15) is 0 Å². The summed E-state index contributed by atoms with van der Waals surface area (Å²) < 4.78 is 0. The van der Waals surface area contributed by atoms with Gasteiger partial charge in [-0.05, 0) is 35.9 Å². The van der Waals surface area contributed by atoms with E-state index in [1.807, 2.05) is 30.5 Å². The van der Waals surface area contributed by atoms with E-state index in [0.717, 1.165) is 30.2 Å². The molecule has 0 aliphatic carbocycles. The van der Waals surface area contributed by atoms with Gasteiger partial charge in [-0.3, -0.25) is 4.98 Å². The molecule has 0 fully saturated rings. The molecule has 1 atom stereocenters.